The molecule has 1 fully saturated rings. The van der Waals surface area contributed by atoms with E-state index < -0.39 is 11.8 Å². The number of aromatic amines is 1. The summed E-state index contributed by atoms with van der Waals surface area (Å²) < 4.78 is 5.07. The predicted molar refractivity (Wildman–Crippen MR) is 76.2 cm³/mol. The lowest BCUT2D eigenvalue weighted by atomic mass is 10.2. The molecule has 2 aromatic heterocycles. The van der Waals surface area contributed by atoms with Crippen molar-refractivity contribution < 1.29 is 18.8 Å². The van der Waals surface area contributed by atoms with Crippen LogP contribution in [0.5, 0.6) is 0 Å². The maximum atomic E-state index is 12.1. The normalized spacial score (nSPS) is 14.6. The number of nitrogens with one attached hydrogen (secondary N) is 2. The Bertz CT molecular complexity index is 688. The Kier molecular flexibility index (Phi) is 4.04. The van der Waals surface area contributed by atoms with Crippen molar-refractivity contribution in [3.8, 4) is 0 Å². The minimum Gasteiger partial charge on any atom is -0.459 e. The number of anilines is 1. The van der Waals surface area contributed by atoms with E-state index in [1.54, 1.807) is 17.0 Å². The van der Waals surface area contributed by atoms with Crippen LogP contribution in [0.15, 0.2) is 29.1 Å². The van der Waals surface area contributed by atoms with Crippen molar-refractivity contribution in [2.45, 2.75) is 0 Å². The molecule has 1 aliphatic rings. The molecular weight excluding hydrogens is 304 g/mol. The Morgan fingerprint density at radius 1 is 1.17 bits per heavy atom. The van der Waals surface area contributed by atoms with Crippen molar-refractivity contribution >= 4 is 23.7 Å². The highest BCUT2D eigenvalue weighted by atomic mass is 16.3. The summed E-state index contributed by atoms with van der Waals surface area (Å²) in [5.74, 6) is -1.34. The second-order valence-corrected chi connectivity index (χ2v) is 4.85. The maximum absolute atomic E-state index is 12.1. The molecule has 1 aliphatic heterocycles. The van der Waals surface area contributed by atoms with Crippen LogP contribution < -0.4 is 5.32 Å². The summed E-state index contributed by atoms with van der Waals surface area (Å²) in [4.78, 5) is 42.7. The van der Waals surface area contributed by atoms with Crippen LogP contribution in [0, 0.1) is 0 Å². The standard InChI is InChI=1S/C13H14N6O4/c20-10(16-13-14-8-15-17-13)12(22)19-5-3-18(4-6-19)11(21)9-2-1-7-23-9/h1-2,7-8H,3-6H2,(H2,14,15,16,17,20). The van der Waals surface area contributed by atoms with Gasteiger partial charge < -0.3 is 14.2 Å². The lowest BCUT2D eigenvalue weighted by molar-refractivity contribution is -0.144. The van der Waals surface area contributed by atoms with Crippen molar-refractivity contribution in [2.24, 2.45) is 0 Å². The van der Waals surface area contributed by atoms with Crippen LogP contribution in [0.1, 0.15) is 10.6 Å². The van der Waals surface area contributed by atoms with Crippen molar-refractivity contribution in [3.63, 3.8) is 0 Å². The Morgan fingerprint density at radius 3 is 2.52 bits per heavy atom. The first-order valence-electron chi connectivity index (χ1n) is 6.93. The zero-order valence-electron chi connectivity index (χ0n) is 12.1. The van der Waals surface area contributed by atoms with Gasteiger partial charge in [-0.25, -0.2) is 5.10 Å². The number of hydrogen-bond acceptors (Lipinski definition) is 6. The lowest BCUT2D eigenvalue weighted by Gasteiger charge is -2.33. The van der Waals surface area contributed by atoms with E-state index in [4.69, 9.17) is 4.42 Å². The predicted octanol–water partition coefficient (Wildman–Crippen LogP) is -0.679. The molecule has 3 heterocycles. The SMILES string of the molecule is O=C(Nc1ncn[nH]1)C(=O)N1CCN(C(=O)c2ccco2)CC1. The van der Waals surface area contributed by atoms with Crippen LogP contribution in [0.25, 0.3) is 0 Å². The molecule has 1 saturated heterocycles. The smallest absolute Gasteiger partial charge is 0.316 e. The second-order valence-electron chi connectivity index (χ2n) is 4.85. The van der Waals surface area contributed by atoms with Gasteiger partial charge in [0.05, 0.1) is 6.26 Å². The maximum Gasteiger partial charge on any atom is 0.316 e. The Labute approximate surface area is 130 Å². The molecule has 0 radical (unpaired) electrons. The number of nitrogens with zero attached hydrogens (tertiary/aromatic N) is 4. The third kappa shape index (κ3) is 3.20. The van der Waals surface area contributed by atoms with Crippen molar-refractivity contribution in [2.75, 3.05) is 31.5 Å². The summed E-state index contributed by atoms with van der Waals surface area (Å²) in [6.45, 7) is 1.21. The van der Waals surface area contributed by atoms with Crippen LogP contribution in [0.2, 0.25) is 0 Å². The molecule has 23 heavy (non-hydrogen) atoms. The van der Waals surface area contributed by atoms with Crippen molar-refractivity contribution in [3.05, 3.63) is 30.5 Å². The van der Waals surface area contributed by atoms with E-state index in [0.29, 0.717) is 13.1 Å². The second kappa shape index (κ2) is 6.30. The molecule has 0 spiro atoms. The fourth-order valence-electron chi connectivity index (χ4n) is 2.24. The molecule has 2 N–H and O–H groups in total. The Balaban J connectivity index is 1.53. The quantitative estimate of drug-likeness (QED) is 0.707. The van der Waals surface area contributed by atoms with Crippen LogP contribution in [-0.2, 0) is 9.59 Å². The average molecular weight is 318 g/mol. The number of rotatable bonds is 2. The molecular formula is C13H14N6O4. The monoisotopic (exact) mass is 318 g/mol. The molecule has 0 unspecified atom stereocenters. The van der Waals surface area contributed by atoms with Crippen LogP contribution >= 0.6 is 0 Å². The number of furan rings is 1. The molecule has 0 aromatic carbocycles. The minimum atomic E-state index is -0.799. The first-order valence-corrected chi connectivity index (χ1v) is 6.93. The van der Waals surface area contributed by atoms with E-state index in [0.717, 1.165) is 0 Å². The third-order valence-electron chi connectivity index (χ3n) is 3.43. The van der Waals surface area contributed by atoms with Gasteiger partial charge in [0.15, 0.2) is 5.76 Å². The zero-order chi connectivity index (χ0) is 16.2. The van der Waals surface area contributed by atoms with Crippen LogP contribution in [0.3, 0.4) is 0 Å². The van der Waals surface area contributed by atoms with Gasteiger partial charge in [0.2, 0.25) is 5.95 Å². The molecule has 10 nitrogen and oxygen atoms in total. The molecule has 3 rings (SSSR count). The zero-order valence-corrected chi connectivity index (χ0v) is 12.1. The molecule has 0 aliphatic carbocycles. The molecule has 2 aromatic rings. The largest absolute Gasteiger partial charge is 0.459 e. The van der Waals surface area contributed by atoms with Gasteiger partial charge in [-0.3, -0.25) is 19.7 Å². The van der Waals surface area contributed by atoms with Gasteiger partial charge in [0.25, 0.3) is 5.91 Å². The highest BCUT2D eigenvalue weighted by Crippen LogP contribution is 2.09. The van der Waals surface area contributed by atoms with Gasteiger partial charge in [0, 0.05) is 26.2 Å². The number of hydrogen-bond donors (Lipinski definition) is 2. The fourth-order valence-corrected chi connectivity index (χ4v) is 2.24. The topological polar surface area (TPSA) is 124 Å². The number of amides is 3. The summed E-state index contributed by atoms with van der Waals surface area (Å²) >= 11 is 0. The third-order valence-corrected chi connectivity index (χ3v) is 3.43. The molecule has 0 saturated carbocycles. The number of carbonyl (C=O) groups is 3. The van der Waals surface area contributed by atoms with Crippen molar-refractivity contribution in [1.82, 2.24) is 25.0 Å². The van der Waals surface area contributed by atoms with Gasteiger partial charge in [-0.2, -0.15) is 10.1 Å². The van der Waals surface area contributed by atoms with Crippen LogP contribution in [0.4, 0.5) is 5.95 Å². The van der Waals surface area contributed by atoms with Gasteiger partial charge in [0.1, 0.15) is 6.33 Å². The van der Waals surface area contributed by atoms with Gasteiger partial charge >= 0.3 is 11.8 Å². The van der Waals surface area contributed by atoms with Gasteiger partial charge in [-0.05, 0) is 12.1 Å². The summed E-state index contributed by atoms with van der Waals surface area (Å²) in [5, 5.41) is 8.33. The molecule has 10 heteroatoms. The van der Waals surface area contributed by atoms with E-state index >= 15 is 0 Å². The van der Waals surface area contributed by atoms with Gasteiger partial charge in [-0.15, -0.1) is 0 Å². The summed E-state index contributed by atoms with van der Waals surface area (Å²) in [6, 6.07) is 3.23. The van der Waals surface area contributed by atoms with Gasteiger partial charge in [-0.1, -0.05) is 0 Å². The highest BCUT2D eigenvalue weighted by molar-refractivity contribution is 6.39. The fraction of sp³-hybridized carbons (Fsp3) is 0.308. The number of H-pyrrole nitrogens is 1. The van der Waals surface area contributed by atoms with Crippen molar-refractivity contribution in [1.29, 1.82) is 0 Å². The number of aromatic nitrogens is 3. The minimum absolute atomic E-state index is 0.106. The molecule has 120 valence electrons. The summed E-state index contributed by atoms with van der Waals surface area (Å²) in [5.41, 5.74) is 0. The van der Waals surface area contributed by atoms with E-state index in [-0.39, 0.29) is 30.7 Å². The lowest BCUT2D eigenvalue weighted by Crippen LogP contribution is -2.53. The Hall–Kier alpha value is -3.17. The Morgan fingerprint density at radius 2 is 1.91 bits per heavy atom. The van der Waals surface area contributed by atoms with E-state index in [1.165, 1.54) is 17.5 Å². The molecule has 0 bridgehead atoms. The van der Waals surface area contributed by atoms with E-state index in [1.807, 2.05) is 0 Å². The summed E-state index contributed by atoms with van der Waals surface area (Å²) in [7, 11) is 0. The molecule has 3 amide bonds. The van der Waals surface area contributed by atoms with E-state index in [2.05, 4.69) is 20.5 Å². The molecule has 0 atom stereocenters. The average Bonchev–Trinajstić information content (AvgIpc) is 3.27. The summed E-state index contributed by atoms with van der Waals surface area (Å²) in [6.07, 6.45) is 2.65. The highest BCUT2D eigenvalue weighted by Gasteiger charge is 2.29. The van der Waals surface area contributed by atoms with Crippen LogP contribution in [-0.4, -0.2) is 68.9 Å². The van der Waals surface area contributed by atoms with E-state index in [9.17, 15) is 14.4 Å². The number of piperazine rings is 1. The first kappa shape index (κ1) is 14.8. The first-order chi connectivity index (χ1) is 11.1. The number of carbonyl (C=O) groups excluding carboxylic acids is 3.